The first-order valence-electron chi connectivity index (χ1n) is 8.51. The van der Waals surface area contributed by atoms with E-state index >= 15 is 0 Å². The second kappa shape index (κ2) is 7.85. The summed E-state index contributed by atoms with van der Waals surface area (Å²) in [5.74, 6) is -2.07. The molecule has 0 radical (unpaired) electrons. The highest BCUT2D eigenvalue weighted by Crippen LogP contribution is 2.36. The number of rotatable bonds is 6. The molecule has 0 atom stereocenters. The van der Waals surface area contributed by atoms with Gasteiger partial charge in [-0.05, 0) is 52.9 Å². The topological polar surface area (TPSA) is 101 Å². The fraction of sp³-hybridized carbons (Fsp3) is 0.0909. The lowest BCUT2D eigenvalue weighted by atomic mass is 9.88. The monoisotopic (exact) mass is 361 g/mol. The van der Waals surface area contributed by atoms with E-state index in [0.717, 1.165) is 5.56 Å². The van der Waals surface area contributed by atoms with Crippen LogP contribution in [-0.2, 0) is 6.42 Å². The predicted molar refractivity (Wildman–Crippen MR) is 104 cm³/mol. The third kappa shape index (κ3) is 3.73. The van der Waals surface area contributed by atoms with Gasteiger partial charge in [0.05, 0.1) is 11.1 Å². The molecule has 0 heterocycles. The van der Waals surface area contributed by atoms with Crippen LogP contribution in [-0.4, -0.2) is 28.7 Å². The van der Waals surface area contributed by atoms with E-state index in [1.807, 2.05) is 18.2 Å². The minimum atomic E-state index is -1.03. The predicted octanol–water partition coefficient (Wildman–Crippen LogP) is 3.92. The fourth-order valence-corrected chi connectivity index (χ4v) is 3.18. The Kier molecular flexibility index (Phi) is 5.33. The standard InChI is InChI=1S/C22H19NO4/c23-12-11-14-9-10-17(15-5-1-3-7-18(15)21(24)25)20(13-14)16-6-2-4-8-19(16)22(26)27/h1-10,13H,11-12,23H2,(H,24,25)(H,26,27). The first kappa shape index (κ1) is 18.4. The van der Waals surface area contributed by atoms with Crippen molar-refractivity contribution >= 4 is 11.9 Å². The Morgan fingerprint density at radius 3 is 1.74 bits per heavy atom. The minimum absolute atomic E-state index is 0.163. The van der Waals surface area contributed by atoms with E-state index in [-0.39, 0.29) is 11.1 Å². The minimum Gasteiger partial charge on any atom is -0.478 e. The number of aromatic carboxylic acids is 2. The van der Waals surface area contributed by atoms with Crippen molar-refractivity contribution in [2.45, 2.75) is 6.42 Å². The highest BCUT2D eigenvalue weighted by molar-refractivity contribution is 6.02. The molecule has 0 aliphatic rings. The third-order valence-electron chi connectivity index (χ3n) is 4.41. The highest BCUT2D eigenvalue weighted by atomic mass is 16.4. The van der Waals surface area contributed by atoms with E-state index in [0.29, 0.717) is 35.2 Å². The van der Waals surface area contributed by atoms with Crippen molar-refractivity contribution in [2.75, 3.05) is 6.54 Å². The second-order valence-corrected chi connectivity index (χ2v) is 6.12. The lowest BCUT2D eigenvalue weighted by Gasteiger charge is -2.16. The number of hydrogen-bond acceptors (Lipinski definition) is 3. The number of benzene rings is 3. The van der Waals surface area contributed by atoms with Gasteiger partial charge in [0.15, 0.2) is 0 Å². The van der Waals surface area contributed by atoms with Crippen molar-refractivity contribution in [3.05, 3.63) is 83.4 Å². The molecule has 0 saturated heterocycles. The van der Waals surface area contributed by atoms with Crippen molar-refractivity contribution in [3.8, 4) is 22.3 Å². The summed E-state index contributed by atoms with van der Waals surface area (Å²) in [7, 11) is 0. The number of nitrogens with two attached hydrogens (primary N) is 1. The van der Waals surface area contributed by atoms with Crippen LogP contribution in [0.5, 0.6) is 0 Å². The molecule has 0 aliphatic carbocycles. The Hall–Kier alpha value is -3.44. The molecule has 0 unspecified atom stereocenters. The molecule has 136 valence electrons. The van der Waals surface area contributed by atoms with Gasteiger partial charge in [0.1, 0.15) is 0 Å². The van der Waals surface area contributed by atoms with Gasteiger partial charge in [0, 0.05) is 0 Å². The van der Waals surface area contributed by atoms with Crippen LogP contribution >= 0.6 is 0 Å². The van der Waals surface area contributed by atoms with E-state index in [9.17, 15) is 19.8 Å². The van der Waals surface area contributed by atoms with Crippen molar-refractivity contribution in [2.24, 2.45) is 5.73 Å². The zero-order valence-corrected chi connectivity index (χ0v) is 14.6. The van der Waals surface area contributed by atoms with Gasteiger partial charge in [-0.2, -0.15) is 0 Å². The average molecular weight is 361 g/mol. The molecule has 0 amide bonds. The molecule has 0 bridgehead atoms. The molecule has 3 rings (SSSR count). The van der Waals surface area contributed by atoms with Crippen LogP contribution < -0.4 is 5.73 Å². The van der Waals surface area contributed by atoms with Gasteiger partial charge in [0.2, 0.25) is 0 Å². The van der Waals surface area contributed by atoms with Gasteiger partial charge in [-0.15, -0.1) is 0 Å². The lowest BCUT2D eigenvalue weighted by molar-refractivity contribution is 0.0686. The molecule has 0 aromatic heterocycles. The summed E-state index contributed by atoms with van der Waals surface area (Å²) in [6.07, 6.45) is 0.642. The fourth-order valence-electron chi connectivity index (χ4n) is 3.18. The van der Waals surface area contributed by atoms with E-state index in [1.54, 1.807) is 48.5 Å². The smallest absolute Gasteiger partial charge is 0.336 e. The molecule has 5 nitrogen and oxygen atoms in total. The molecular formula is C22H19NO4. The highest BCUT2D eigenvalue weighted by Gasteiger charge is 2.18. The SMILES string of the molecule is NCCc1ccc(-c2ccccc2C(=O)O)c(-c2ccccc2C(=O)O)c1. The summed E-state index contributed by atoms with van der Waals surface area (Å²) in [6.45, 7) is 0.463. The van der Waals surface area contributed by atoms with E-state index in [4.69, 9.17) is 5.73 Å². The van der Waals surface area contributed by atoms with Crippen LogP contribution in [0.25, 0.3) is 22.3 Å². The molecule has 0 saturated carbocycles. The van der Waals surface area contributed by atoms with Crippen LogP contribution in [0.2, 0.25) is 0 Å². The number of carbonyl (C=O) groups is 2. The maximum absolute atomic E-state index is 11.7. The molecule has 0 spiro atoms. The zero-order valence-electron chi connectivity index (χ0n) is 14.6. The molecular weight excluding hydrogens is 342 g/mol. The molecule has 3 aromatic carbocycles. The second-order valence-electron chi connectivity index (χ2n) is 6.12. The maximum Gasteiger partial charge on any atom is 0.336 e. The normalized spacial score (nSPS) is 10.6. The van der Waals surface area contributed by atoms with Gasteiger partial charge in [0.25, 0.3) is 0 Å². The van der Waals surface area contributed by atoms with Crippen molar-refractivity contribution in [1.29, 1.82) is 0 Å². The third-order valence-corrected chi connectivity index (χ3v) is 4.41. The largest absolute Gasteiger partial charge is 0.478 e. The average Bonchev–Trinajstić information content (AvgIpc) is 2.68. The summed E-state index contributed by atoms with van der Waals surface area (Å²) in [6, 6.07) is 19.0. The van der Waals surface area contributed by atoms with E-state index in [1.165, 1.54) is 0 Å². The van der Waals surface area contributed by atoms with Crippen molar-refractivity contribution in [3.63, 3.8) is 0 Å². The Morgan fingerprint density at radius 1 is 0.704 bits per heavy atom. The summed E-state index contributed by atoms with van der Waals surface area (Å²) in [4.78, 5) is 23.4. The van der Waals surface area contributed by atoms with Crippen LogP contribution in [0.4, 0.5) is 0 Å². The Labute approximate surface area is 156 Å². The summed E-state index contributed by atoms with van der Waals surface area (Å²) >= 11 is 0. The Balaban J connectivity index is 2.32. The Morgan fingerprint density at radius 2 is 1.22 bits per heavy atom. The van der Waals surface area contributed by atoms with Crippen molar-refractivity contribution in [1.82, 2.24) is 0 Å². The van der Waals surface area contributed by atoms with E-state index < -0.39 is 11.9 Å². The number of carboxylic acids is 2. The van der Waals surface area contributed by atoms with Crippen molar-refractivity contribution < 1.29 is 19.8 Å². The number of hydrogen-bond donors (Lipinski definition) is 3. The molecule has 3 aromatic rings. The molecule has 5 heteroatoms. The summed E-state index contributed by atoms with van der Waals surface area (Å²) in [5, 5.41) is 19.1. The van der Waals surface area contributed by atoms with Gasteiger partial charge in [-0.3, -0.25) is 0 Å². The van der Waals surface area contributed by atoms with Gasteiger partial charge < -0.3 is 15.9 Å². The molecule has 4 N–H and O–H groups in total. The van der Waals surface area contributed by atoms with Gasteiger partial charge >= 0.3 is 11.9 Å². The number of carboxylic acid groups (broad SMARTS) is 2. The van der Waals surface area contributed by atoms with Crippen LogP contribution in [0.15, 0.2) is 66.7 Å². The molecule has 27 heavy (non-hydrogen) atoms. The first-order valence-corrected chi connectivity index (χ1v) is 8.51. The summed E-state index contributed by atoms with van der Waals surface area (Å²) in [5.41, 5.74) is 9.38. The molecule has 0 aliphatic heterocycles. The van der Waals surface area contributed by atoms with Gasteiger partial charge in [-0.25, -0.2) is 9.59 Å². The van der Waals surface area contributed by atoms with Crippen LogP contribution in [0, 0.1) is 0 Å². The lowest BCUT2D eigenvalue weighted by Crippen LogP contribution is -2.05. The van der Waals surface area contributed by atoms with Crippen LogP contribution in [0.3, 0.4) is 0 Å². The quantitative estimate of drug-likeness (QED) is 0.618. The van der Waals surface area contributed by atoms with Gasteiger partial charge in [-0.1, -0.05) is 54.6 Å². The maximum atomic E-state index is 11.7. The zero-order chi connectivity index (χ0) is 19.4. The Bertz CT molecular complexity index is 1010. The first-order chi connectivity index (χ1) is 13.0. The van der Waals surface area contributed by atoms with Crippen LogP contribution in [0.1, 0.15) is 26.3 Å². The van der Waals surface area contributed by atoms with E-state index in [2.05, 4.69) is 0 Å². The molecule has 0 fully saturated rings. The summed E-state index contributed by atoms with van der Waals surface area (Å²) < 4.78 is 0.